The van der Waals surface area contributed by atoms with Gasteiger partial charge in [0.05, 0.1) is 18.9 Å². The van der Waals surface area contributed by atoms with Gasteiger partial charge in [-0.15, -0.1) is 0 Å². The normalized spacial score (nSPS) is 10.8. The van der Waals surface area contributed by atoms with Gasteiger partial charge in [0.25, 0.3) is 0 Å². The lowest BCUT2D eigenvalue weighted by molar-refractivity contribution is 0.0601. The smallest absolute Gasteiger partial charge is 0.337 e. The van der Waals surface area contributed by atoms with Crippen LogP contribution >= 0.6 is 0 Å². The van der Waals surface area contributed by atoms with E-state index in [1.807, 2.05) is 24.8 Å². The van der Waals surface area contributed by atoms with Crippen molar-refractivity contribution in [3.05, 3.63) is 66.1 Å². The molecule has 0 fully saturated rings. The highest BCUT2D eigenvalue weighted by molar-refractivity contribution is 5.90. The Morgan fingerprint density at radius 3 is 2.58 bits per heavy atom. The summed E-state index contributed by atoms with van der Waals surface area (Å²) in [7, 11) is 1.34. The molecular formula is C20H19FN2O3. The van der Waals surface area contributed by atoms with Crippen LogP contribution in [0.25, 0.3) is 11.3 Å². The molecule has 0 bridgehead atoms. The number of esters is 1. The molecule has 3 rings (SSSR count). The summed E-state index contributed by atoms with van der Waals surface area (Å²) in [6, 6.07) is 13.5. The van der Waals surface area contributed by atoms with Gasteiger partial charge in [-0.1, -0.05) is 12.1 Å². The van der Waals surface area contributed by atoms with E-state index in [9.17, 15) is 9.18 Å². The van der Waals surface area contributed by atoms with E-state index < -0.39 is 5.97 Å². The van der Waals surface area contributed by atoms with Crippen LogP contribution < -0.4 is 4.90 Å². The number of aromatic nitrogens is 1. The average molecular weight is 354 g/mol. The van der Waals surface area contributed by atoms with Crippen LogP contribution in [0, 0.1) is 5.82 Å². The molecule has 0 aliphatic rings. The minimum Gasteiger partial charge on any atom is -0.465 e. The number of rotatable bonds is 5. The third-order valence-corrected chi connectivity index (χ3v) is 3.89. The number of anilines is 2. The van der Waals surface area contributed by atoms with Crippen LogP contribution in [0.5, 0.6) is 0 Å². The molecule has 26 heavy (non-hydrogen) atoms. The van der Waals surface area contributed by atoms with Gasteiger partial charge in [-0.3, -0.25) is 4.90 Å². The molecule has 0 atom stereocenters. The quantitative estimate of drug-likeness (QED) is 0.615. The van der Waals surface area contributed by atoms with Gasteiger partial charge >= 0.3 is 12.0 Å². The molecule has 1 aromatic heterocycles. The number of carbonyl (C=O) groups excluding carboxylic acids is 1. The standard InChI is InChI=1S/C20H19FN2O3/c1-13(2)23(17-9-7-16(21)8-10-17)20-22-12-18(26-20)14-5-4-6-15(11-14)19(24)25-3/h4-13H,1-3H3. The van der Waals surface area contributed by atoms with Crippen molar-refractivity contribution >= 4 is 17.7 Å². The summed E-state index contributed by atoms with van der Waals surface area (Å²) in [6.45, 7) is 3.98. The van der Waals surface area contributed by atoms with Gasteiger partial charge in [-0.05, 0) is 50.2 Å². The van der Waals surface area contributed by atoms with Gasteiger partial charge in [0.2, 0.25) is 0 Å². The first-order valence-corrected chi connectivity index (χ1v) is 8.19. The molecule has 5 nitrogen and oxygen atoms in total. The van der Waals surface area contributed by atoms with Crippen molar-refractivity contribution in [3.63, 3.8) is 0 Å². The third kappa shape index (κ3) is 3.59. The van der Waals surface area contributed by atoms with Gasteiger partial charge in [-0.25, -0.2) is 14.2 Å². The van der Waals surface area contributed by atoms with E-state index in [0.29, 0.717) is 17.3 Å². The summed E-state index contributed by atoms with van der Waals surface area (Å²) in [5, 5.41) is 0. The molecule has 0 N–H and O–H groups in total. The van der Waals surface area contributed by atoms with E-state index in [1.54, 1.807) is 36.5 Å². The topological polar surface area (TPSA) is 55.6 Å². The van der Waals surface area contributed by atoms with Gasteiger partial charge < -0.3 is 9.15 Å². The second-order valence-electron chi connectivity index (χ2n) is 6.02. The van der Waals surface area contributed by atoms with Crippen molar-refractivity contribution in [3.8, 4) is 11.3 Å². The number of ether oxygens (including phenoxy) is 1. The monoisotopic (exact) mass is 354 g/mol. The summed E-state index contributed by atoms with van der Waals surface area (Å²) in [4.78, 5) is 17.9. The van der Waals surface area contributed by atoms with E-state index in [-0.39, 0.29) is 11.9 Å². The second kappa shape index (κ2) is 7.39. The van der Waals surface area contributed by atoms with Crippen molar-refractivity contribution in [1.82, 2.24) is 4.98 Å². The van der Waals surface area contributed by atoms with Gasteiger partial charge in [-0.2, -0.15) is 0 Å². The van der Waals surface area contributed by atoms with Gasteiger partial charge in [0.1, 0.15) is 5.82 Å². The first-order valence-electron chi connectivity index (χ1n) is 8.19. The van der Waals surface area contributed by atoms with Crippen molar-refractivity contribution in [1.29, 1.82) is 0 Å². The fraction of sp³-hybridized carbons (Fsp3) is 0.200. The van der Waals surface area contributed by atoms with Crippen LogP contribution in [-0.4, -0.2) is 24.1 Å². The summed E-state index contributed by atoms with van der Waals surface area (Å²) in [5.41, 5.74) is 1.93. The average Bonchev–Trinajstić information content (AvgIpc) is 3.12. The zero-order valence-corrected chi connectivity index (χ0v) is 14.8. The highest BCUT2D eigenvalue weighted by atomic mass is 19.1. The molecule has 0 spiro atoms. The number of carbonyl (C=O) groups is 1. The zero-order valence-electron chi connectivity index (χ0n) is 14.8. The number of nitrogens with zero attached hydrogens (tertiary/aromatic N) is 2. The number of oxazole rings is 1. The highest BCUT2D eigenvalue weighted by Crippen LogP contribution is 2.31. The molecule has 1 heterocycles. The van der Waals surface area contributed by atoms with E-state index in [2.05, 4.69) is 4.98 Å². The Bertz CT molecular complexity index is 903. The molecule has 0 aliphatic carbocycles. The third-order valence-electron chi connectivity index (χ3n) is 3.89. The SMILES string of the molecule is COC(=O)c1cccc(-c2cnc(N(c3ccc(F)cc3)C(C)C)o2)c1. The minimum absolute atomic E-state index is 0.0494. The van der Waals surface area contributed by atoms with Crippen molar-refractivity contribution in [2.75, 3.05) is 12.0 Å². The van der Waals surface area contributed by atoms with Crippen molar-refractivity contribution in [2.24, 2.45) is 0 Å². The molecule has 3 aromatic rings. The van der Waals surface area contributed by atoms with E-state index in [0.717, 1.165) is 11.3 Å². The summed E-state index contributed by atoms with van der Waals surface area (Å²) >= 11 is 0. The fourth-order valence-electron chi connectivity index (χ4n) is 2.66. The maximum atomic E-state index is 13.2. The number of methoxy groups -OCH3 is 1. The van der Waals surface area contributed by atoms with Gasteiger partial charge in [0.15, 0.2) is 5.76 Å². The minimum atomic E-state index is -0.415. The first kappa shape index (κ1) is 17.7. The number of hydrogen-bond donors (Lipinski definition) is 0. The van der Waals surface area contributed by atoms with E-state index >= 15 is 0 Å². The van der Waals surface area contributed by atoms with Crippen molar-refractivity contribution < 1.29 is 18.3 Å². The first-order chi connectivity index (χ1) is 12.5. The maximum absolute atomic E-state index is 13.2. The Hall–Kier alpha value is -3.15. The van der Waals surface area contributed by atoms with Crippen LogP contribution in [0.1, 0.15) is 24.2 Å². The second-order valence-corrected chi connectivity index (χ2v) is 6.02. The summed E-state index contributed by atoms with van der Waals surface area (Å²) in [5.74, 6) is -0.189. The fourth-order valence-corrected chi connectivity index (χ4v) is 2.66. The molecular weight excluding hydrogens is 335 g/mol. The maximum Gasteiger partial charge on any atom is 0.337 e. The molecule has 0 amide bonds. The summed E-state index contributed by atoms with van der Waals surface area (Å²) < 4.78 is 23.9. The Kier molecular flexibility index (Phi) is 5.02. The predicted octanol–water partition coefficient (Wildman–Crippen LogP) is 4.81. The van der Waals surface area contributed by atoms with E-state index in [1.165, 1.54) is 19.2 Å². The molecule has 0 saturated carbocycles. The van der Waals surface area contributed by atoms with Crippen LogP contribution in [0.4, 0.5) is 16.1 Å². The Balaban J connectivity index is 1.95. The lowest BCUT2D eigenvalue weighted by Gasteiger charge is -2.24. The largest absolute Gasteiger partial charge is 0.465 e. The number of hydrogen-bond acceptors (Lipinski definition) is 5. The molecule has 0 aliphatic heterocycles. The van der Waals surface area contributed by atoms with Crippen LogP contribution in [0.2, 0.25) is 0 Å². The highest BCUT2D eigenvalue weighted by Gasteiger charge is 2.19. The lowest BCUT2D eigenvalue weighted by atomic mass is 10.1. The molecule has 2 aromatic carbocycles. The summed E-state index contributed by atoms with van der Waals surface area (Å²) in [6.07, 6.45) is 1.60. The zero-order chi connectivity index (χ0) is 18.7. The van der Waals surface area contributed by atoms with Crippen molar-refractivity contribution in [2.45, 2.75) is 19.9 Å². The van der Waals surface area contributed by atoms with Gasteiger partial charge in [0, 0.05) is 17.3 Å². The molecule has 0 radical (unpaired) electrons. The Labute approximate surface area is 151 Å². The Morgan fingerprint density at radius 2 is 1.92 bits per heavy atom. The number of benzene rings is 2. The van der Waals surface area contributed by atoms with E-state index in [4.69, 9.17) is 9.15 Å². The number of halogens is 1. The molecule has 6 heteroatoms. The molecule has 134 valence electrons. The lowest BCUT2D eigenvalue weighted by Crippen LogP contribution is -2.25. The molecule has 0 saturated heterocycles. The van der Waals surface area contributed by atoms with Crippen LogP contribution in [-0.2, 0) is 4.74 Å². The van der Waals surface area contributed by atoms with Crippen LogP contribution in [0.15, 0.2) is 59.1 Å². The Morgan fingerprint density at radius 1 is 1.19 bits per heavy atom. The molecule has 0 unspecified atom stereocenters. The predicted molar refractivity (Wildman–Crippen MR) is 97.0 cm³/mol. The van der Waals surface area contributed by atoms with Crippen LogP contribution in [0.3, 0.4) is 0 Å².